The third-order valence-corrected chi connectivity index (χ3v) is 4.33. The van der Waals surface area contributed by atoms with Crippen LogP contribution in [0.25, 0.3) is 10.2 Å². The van der Waals surface area contributed by atoms with Crippen molar-refractivity contribution < 1.29 is 4.74 Å². The van der Waals surface area contributed by atoms with Crippen LogP contribution in [0.15, 0.2) is 24.3 Å². The van der Waals surface area contributed by atoms with Gasteiger partial charge in [-0.15, -0.1) is 11.3 Å². The third-order valence-electron chi connectivity index (χ3n) is 3.18. The summed E-state index contributed by atoms with van der Waals surface area (Å²) in [6.45, 7) is 7.27. The summed E-state index contributed by atoms with van der Waals surface area (Å²) in [4.78, 5) is 4.69. The number of rotatable bonds is 1. The van der Waals surface area contributed by atoms with Crippen molar-refractivity contribution in [2.45, 2.75) is 33.0 Å². The Kier molecular flexibility index (Phi) is 2.88. The Bertz CT molecular complexity index is 525. The van der Waals surface area contributed by atoms with Gasteiger partial charge in [-0.3, -0.25) is 5.32 Å². The molecule has 1 aliphatic heterocycles. The van der Waals surface area contributed by atoms with Crippen molar-refractivity contribution in [2.75, 3.05) is 6.61 Å². The first-order valence-corrected chi connectivity index (χ1v) is 7.09. The van der Waals surface area contributed by atoms with Gasteiger partial charge in [0.05, 0.1) is 22.9 Å². The van der Waals surface area contributed by atoms with E-state index in [1.807, 2.05) is 6.07 Å². The van der Waals surface area contributed by atoms with Gasteiger partial charge in [0.15, 0.2) is 0 Å². The molecule has 1 saturated heterocycles. The van der Waals surface area contributed by atoms with Gasteiger partial charge in [-0.1, -0.05) is 32.9 Å². The number of ether oxygens (including phenoxy) is 1. The quantitative estimate of drug-likeness (QED) is 0.856. The van der Waals surface area contributed by atoms with E-state index in [-0.39, 0.29) is 17.7 Å². The molecular weight excluding hydrogens is 244 g/mol. The van der Waals surface area contributed by atoms with Crippen LogP contribution < -0.4 is 5.32 Å². The molecule has 2 unspecified atom stereocenters. The lowest BCUT2D eigenvalue weighted by Gasteiger charge is -2.26. The highest BCUT2D eigenvalue weighted by Gasteiger charge is 2.35. The number of nitrogens with one attached hydrogen (secondary N) is 1. The summed E-state index contributed by atoms with van der Waals surface area (Å²) in [6, 6.07) is 8.50. The van der Waals surface area contributed by atoms with Gasteiger partial charge in [0.1, 0.15) is 11.2 Å². The van der Waals surface area contributed by atoms with Crippen LogP contribution >= 0.6 is 11.3 Å². The Balaban J connectivity index is 1.84. The van der Waals surface area contributed by atoms with E-state index in [2.05, 4.69) is 49.3 Å². The molecule has 1 aliphatic rings. The van der Waals surface area contributed by atoms with Crippen LogP contribution in [0.4, 0.5) is 0 Å². The molecule has 1 fully saturated rings. The Morgan fingerprint density at radius 2 is 2.11 bits per heavy atom. The molecule has 1 aromatic heterocycles. The Morgan fingerprint density at radius 1 is 1.33 bits per heavy atom. The van der Waals surface area contributed by atoms with Gasteiger partial charge < -0.3 is 4.74 Å². The molecular formula is C14H18N2OS. The molecule has 1 N–H and O–H groups in total. The predicted molar refractivity (Wildman–Crippen MR) is 74.7 cm³/mol. The normalized spacial score (nSPS) is 24.8. The molecule has 0 spiro atoms. The van der Waals surface area contributed by atoms with Crippen molar-refractivity contribution >= 4 is 21.6 Å². The fourth-order valence-corrected chi connectivity index (χ4v) is 3.17. The largest absolute Gasteiger partial charge is 0.361 e. The van der Waals surface area contributed by atoms with Crippen LogP contribution in [0.2, 0.25) is 0 Å². The average molecular weight is 262 g/mol. The summed E-state index contributed by atoms with van der Waals surface area (Å²) in [5.41, 5.74) is 1.20. The van der Waals surface area contributed by atoms with Crippen molar-refractivity contribution in [3.05, 3.63) is 29.3 Å². The van der Waals surface area contributed by atoms with E-state index >= 15 is 0 Å². The number of hydrogen-bond acceptors (Lipinski definition) is 4. The van der Waals surface area contributed by atoms with E-state index in [4.69, 9.17) is 4.74 Å². The maximum atomic E-state index is 5.84. The van der Waals surface area contributed by atoms with Crippen LogP contribution in [-0.4, -0.2) is 17.8 Å². The highest BCUT2D eigenvalue weighted by Crippen LogP contribution is 2.33. The van der Waals surface area contributed by atoms with Crippen molar-refractivity contribution in [1.82, 2.24) is 10.3 Å². The molecule has 0 radical (unpaired) electrons. The van der Waals surface area contributed by atoms with E-state index < -0.39 is 0 Å². The van der Waals surface area contributed by atoms with E-state index in [1.165, 1.54) is 4.70 Å². The van der Waals surface area contributed by atoms with Crippen molar-refractivity contribution in [3.63, 3.8) is 0 Å². The number of nitrogens with zero attached hydrogens (tertiary/aromatic N) is 1. The average Bonchev–Trinajstić information content (AvgIpc) is 2.94. The summed E-state index contributed by atoms with van der Waals surface area (Å²) in [5, 5.41) is 4.66. The molecule has 3 rings (SSSR count). The summed E-state index contributed by atoms with van der Waals surface area (Å²) < 4.78 is 7.08. The zero-order chi connectivity index (χ0) is 12.8. The first-order valence-electron chi connectivity index (χ1n) is 6.27. The summed E-state index contributed by atoms with van der Waals surface area (Å²) >= 11 is 1.75. The molecule has 0 aliphatic carbocycles. The minimum absolute atomic E-state index is 0.106. The maximum Gasteiger partial charge on any atom is 0.113 e. The number of fused-ring (bicyclic) bond motifs is 1. The molecule has 18 heavy (non-hydrogen) atoms. The van der Waals surface area contributed by atoms with Crippen molar-refractivity contribution in [3.8, 4) is 0 Å². The lowest BCUT2D eigenvalue weighted by Crippen LogP contribution is -2.37. The van der Waals surface area contributed by atoms with Crippen LogP contribution in [-0.2, 0) is 4.74 Å². The van der Waals surface area contributed by atoms with Crippen molar-refractivity contribution in [1.29, 1.82) is 0 Å². The first kappa shape index (κ1) is 12.1. The van der Waals surface area contributed by atoms with Crippen LogP contribution in [0, 0.1) is 5.41 Å². The maximum absolute atomic E-state index is 5.84. The third kappa shape index (κ3) is 2.16. The fraction of sp³-hybridized carbons (Fsp3) is 0.500. The molecule has 2 heterocycles. The summed E-state index contributed by atoms with van der Waals surface area (Å²) in [5.74, 6) is 0. The van der Waals surface area contributed by atoms with E-state index in [1.54, 1.807) is 11.3 Å². The van der Waals surface area contributed by atoms with Crippen LogP contribution in [0.3, 0.4) is 0 Å². The van der Waals surface area contributed by atoms with Crippen LogP contribution in [0.5, 0.6) is 0 Å². The molecule has 0 amide bonds. The van der Waals surface area contributed by atoms with Crippen molar-refractivity contribution in [2.24, 2.45) is 5.41 Å². The molecule has 0 bridgehead atoms. The second kappa shape index (κ2) is 4.30. The number of para-hydroxylation sites is 1. The lowest BCUT2D eigenvalue weighted by atomic mass is 9.94. The summed E-state index contributed by atoms with van der Waals surface area (Å²) in [6.07, 6.45) is 0.106. The van der Waals surface area contributed by atoms with Crippen LogP contribution in [0.1, 0.15) is 31.8 Å². The second-order valence-corrected chi connectivity index (χ2v) is 6.88. The predicted octanol–water partition coefficient (Wildman–Crippen LogP) is 3.33. The highest BCUT2D eigenvalue weighted by molar-refractivity contribution is 7.18. The first-order chi connectivity index (χ1) is 8.54. The number of benzene rings is 1. The number of thiazole rings is 1. The molecule has 4 heteroatoms. The van der Waals surface area contributed by atoms with E-state index in [0.29, 0.717) is 6.61 Å². The zero-order valence-electron chi connectivity index (χ0n) is 10.9. The van der Waals surface area contributed by atoms with Gasteiger partial charge >= 0.3 is 0 Å². The molecule has 3 nitrogen and oxygen atoms in total. The Labute approximate surface area is 111 Å². The van der Waals surface area contributed by atoms with Gasteiger partial charge in [0.25, 0.3) is 0 Å². The smallest absolute Gasteiger partial charge is 0.113 e. The monoisotopic (exact) mass is 262 g/mol. The summed E-state index contributed by atoms with van der Waals surface area (Å²) in [7, 11) is 0. The minimum atomic E-state index is 0.106. The number of hydrogen-bond donors (Lipinski definition) is 1. The fourth-order valence-electron chi connectivity index (χ4n) is 2.15. The van der Waals surface area contributed by atoms with Gasteiger partial charge in [0, 0.05) is 5.41 Å². The molecule has 2 atom stereocenters. The molecule has 0 saturated carbocycles. The molecule has 1 aromatic carbocycles. The Morgan fingerprint density at radius 3 is 2.78 bits per heavy atom. The number of aromatic nitrogens is 1. The topological polar surface area (TPSA) is 34.2 Å². The van der Waals surface area contributed by atoms with Gasteiger partial charge in [-0.05, 0) is 12.1 Å². The Hall–Kier alpha value is -0.970. The minimum Gasteiger partial charge on any atom is -0.361 e. The van der Waals surface area contributed by atoms with Gasteiger partial charge in [-0.25, -0.2) is 4.98 Å². The van der Waals surface area contributed by atoms with Gasteiger partial charge in [-0.2, -0.15) is 0 Å². The van der Waals surface area contributed by atoms with E-state index in [0.717, 1.165) is 10.5 Å². The SMILES string of the molecule is CC(C)(C)C1NC(c2nc3ccccc3s2)CO1. The highest BCUT2D eigenvalue weighted by atomic mass is 32.1. The lowest BCUT2D eigenvalue weighted by molar-refractivity contribution is 0.0173. The van der Waals surface area contributed by atoms with E-state index in [9.17, 15) is 0 Å². The molecule has 2 aromatic rings. The van der Waals surface area contributed by atoms with Gasteiger partial charge in [0.2, 0.25) is 0 Å². The standard InChI is InChI=1S/C14H18N2OS/c1-14(2,3)13-16-10(8-17-13)12-15-9-6-4-5-7-11(9)18-12/h4-7,10,13,16H,8H2,1-3H3. The second-order valence-electron chi connectivity index (χ2n) is 5.82. The molecule has 96 valence electrons. The zero-order valence-corrected chi connectivity index (χ0v) is 11.8.